The minimum absolute atomic E-state index is 0.00702. The number of pyridine rings is 1. The highest BCUT2D eigenvalue weighted by Gasteiger charge is 2.43. The molecule has 13 heteroatoms. The van der Waals surface area contributed by atoms with Gasteiger partial charge < -0.3 is 19.9 Å². The molecule has 2 saturated carbocycles. The standard InChI is InChI=1S/C34H43F3N8O2/c1-32(5-3-6-32)39-20-23-15-25-26(27(16-23)34(35,36)37)21-45(31(25)46)29-18-24(33(7-4-8-33)19-30-42-40-22-43(30)2)17-28(41-29)38-9-10-44-11-13-47-14-12-44/h15-18,22,39H,3-14,19-21H2,1-2H3,(H,38,41). The number of benzene rings is 1. The van der Waals surface area contributed by atoms with Crippen LogP contribution in [0.15, 0.2) is 30.6 Å². The summed E-state index contributed by atoms with van der Waals surface area (Å²) < 4.78 is 50.8. The fourth-order valence-electron chi connectivity index (χ4n) is 7.37. The maximum absolute atomic E-state index is 14.5. The van der Waals surface area contributed by atoms with E-state index < -0.39 is 17.6 Å². The Kier molecular flexibility index (Phi) is 8.50. The molecule has 1 amide bonds. The molecule has 0 spiro atoms. The van der Waals surface area contributed by atoms with Gasteiger partial charge in [-0.05, 0) is 80.0 Å². The fraction of sp³-hybridized carbons (Fsp3) is 0.588. The Balaban J connectivity index is 1.21. The van der Waals surface area contributed by atoms with Crippen molar-refractivity contribution in [1.29, 1.82) is 0 Å². The molecule has 47 heavy (non-hydrogen) atoms. The first-order valence-electron chi connectivity index (χ1n) is 16.7. The van der Waals surface area contributed by atoms with Gasteiger partial charge in [0.05, 0.1) is 25.3 Å². The maximum Gasteiger partial charge on any atom is 0.416 e. The molecule has 4 heterocycles. The Morgan fingerprint density at radius 2 is 1.81 bits per heavy atom. The molecule has 252 valence electrons. The molecule has 0 radical (unpaired) electrons. The molecule has 0 atom stereocenters. The molecule has 0 bridgehead atoms. The van der Waals surface area contributed by atoms with Gasteiger partial charge in [-0.2, -0.15) is 13.2 Å². The smallest absolute Gasteiger partial charge is 0.379 e. The average Bonchev–Trinajstić information content (AvgIpc) is 3.58. The van der Waals surface area contributed by atoms with Gasteiger partial charge in [-0.3, -0.25) is 14.6 Å². The second kappa shape index (κ2) is 12.5. The number of halogens is 3. The van der Waals surface area contributed by atoms with Crippen LogP contribution in [-0.4, -0.2) is 75.5 Å². The molecule has 1 aromatic carbocycles. The number of aromatic nitrogens is 4. The van der Waals surface area contributed by atoms with E-state index in [9.17, 15) is 18.0 Å². The lowest BCUT2D eigenvalue weighted by atomic mass is 9.62. The Morgan fingerprint density at radius 1 is 1.04 bits per heavy atom. The van der Waals surface area contributed by atoms with Gasteiger partial charge in [0, 0.05) is 62.7 Å². The lowest BCUT2D eigenvalue weighted by Crippen LogP contribution is -2.47. The zero-order valence-electron chi connectivity index (χ0n) is 27.1. The summed E-state index contributed by atoms with van der Waals surface area (Å²) in [6, 6.07) is 6.78. The van der Waals surface area contributed by atoms with Crippen molar-refractivity contribution in [1.82, 2.24) is 30.0 Å². The van der Waals surface area contributed by atoms with E-state index in [-0.39, 0.29) is 35.2 Å². The summed E-state index contributed by atoms with van der Waals surface area (Å²) in [5, 5.41) is 15.3. The lowest BCUT2D eigenvalue weighted by molar-refractivity contribution is -0.138. The first kappa shape index (κ1) is 32.0. The molecule has 0 unspecified atom stereocenters. The van der Waals surface area contributed by atoms with Crippen LogP contribution in [0, 0.1) is 0 Å². The summed E-state index contributed by atoms with van der Waals surface area (Å²) >= 11 is 0. The predicted molar refractivity (Wildman–Crippen MR) is 171 cm³/mol. The predicted octanol–water partition coefficient (Wildman–Crippen LogP) is 4.83. The highest BCUT2D eigenvalue weighted by molar-refractivity contribution is 6.10. The number of aryl methyl sites for hydroxylation is 1. The van der Waals surface area contributed by atoms with E-state index in [1.54, 1.807) is 12.4 Å². The summed E-state index contributed by atoms with van der Waals surface area (Å²) in [5.41, 5.74) is 0.509. The van der Waals surface area contributed by atoms with Gasteiger partial charge in [0.15, 0.2) is 0 Å². The van der Waals surface area contributed by atoms with E-state index in [1.165, 1.54) is 11.0 Å². The van der Waals surface area contributed by atoms with Crippen LogP contribution in [0.4, 0.5) is 24.8 Å². The van der Waals surface area contributed by atoms with Crippen LogP contribution >= 0.6 is 0 Å². The molecule has 2 aliphatic carbocycles. The maximum atomic E-state index is 14.5. The number of nitrogens with one attached hydrogen (secondary N) is 2. The van der Waals surface area contributed by atoms with Gasteiger partial charge in [0.25, 0.3) is 5.91 Å². The SMILES string of the molecule is Cn1cnnc1CC1(c2cc(NCCN3CCOCC3)nc(N3Cc4c(cc(CNC5(C)CCC5)cc4C(F)(F)F)C3=O)c2)CCC1. The van der Waals surface area contributed by atoms with Crippen molar-refractivity contribution >= 4 is 17.5 Å². The largest absolute Gasteiger partial charge is 0.416 e. The average molecular weight is 653 g/mol. The van der Waals surface area contributed by atoms with Crippen molar-refractivity contribution in [3.63, 3.8) is 0 Å². The van der Waals surface area contributed by atoms with E-state index >= 15 is 0 Å². The highest BCUT2D eigenvalue weighted by atomic mass is 19.4. The summed E-state index contributed by atoms with van der Waals surface area (Å²) in [5.74, 6) is 1.37. The molecule has 10 nitrogen and oxygen atoms in total. The van der Waals surface area contributed by atoms with Crippen LogP contribution in [0.5, 0.6) is 0 Å². The first-order valence-corrected chi connectivity index (χ1v) is 16.7. The number of morpholine rings is 1. The van der Waals surface area contributed by atoms with Crippen molar-refractivity contribution in [3.05, 3.63) is 64.2 Å². The number of nitrogens with zero attached hydrogens (tertiary/aromatic N) is 6. The summed E-state index contributed by atoms with van der Waals surface area (Å²) in [6.07, 6.45) is 3.74. The third-order valence-electron chi connectivity index (χ3n) is 10.7. The van der Waals surface area contributed by atoms with Crippen molar-refractivity contribution in [2.45, 2.75) is 82.1 Å². The van der Waals surface area contributed by atoms with E-state index in [2.05, 4.69) is 32.7 Å². The fourth-order valence-corrected chi connectivity index (χ4v) is 7.37. The monoisotopic (exact) mass is 652 g/mol. The molecular formula is C34H43F3N8O2. The molecule has 3 aromatic rings. The normalized spacial score (nSPS) is 20.5. The topological polar surface area (TPSA) is 100 Å². The van der Waals surface area contributed by atoms with E-state index in [4.69, 9.17) is 9.72 Å². The number of anilines is 2. The number of rotatable bonds is 11. The third kappa shape index (κ3) is 6.49. The van der Waals surface area contributed by atoms with Gasteiger partial charge in [-0.25, -0.2) is 4.98 Å². The lowest BCUT2D eigenvalue weighted by Gasteiger charge is -2.42. The third-order valence-corrected chi connectivity index (χ3v) is 10.7. The van der Waals surface area contributed by atoms with Gasteiger partial charge in [-0.1, -0.05) is 6.42 Å². The number of carbonyl (C=O) groups excluding carboxylic acids is 1. The van der Waals surface area contributed by atoms with Gasteiger partial charge in [-0.15, -0.1) is 10.2 Å². The minimum atomic E-state index is -4.59. The minimum Gasteiger partial charge on any atom is -0.379 e. The van der Waals surface area contributed by atoms with Crippen molar-refractivity contribution in [2.24, 2.45) is 7.05 Å². The number of fused-ring (bicyclic) bond motifs is 1. The molecule has 1 saturated heterocycles. The molecule has 7 rings (SSSR count). The summed E-state index contributed by atoms with van der Waals surface area (Å²) in [4.78, 5) is 22.6. The van der Waals surface area contributed by atoms with E-state index in [0.717, 1.165) is 69.5 Å². The molecule has 4 aliphatic rings. The van der Waals surface area contributed by atoms with Gasteiger partial charge in [0.1, 0.15) is 23.8 Å². The number of amides is 1. The molecule has 2 N–H and O–H groups in total. The second-order valence-corrected chi connectivity index (χ2v) is 14.0. The number of hydrogen-bond donors (Lipinski definition) is 2. The molecule has 2 aliphatic heterocycles. The van der Waals surface area contributed by atoms with Crippen molar-refractivity contribution in [2.75, 3.05) is 49.6 Å². The molecular weight excluding hydrogens is 609 g/mol. The van der Waals surface area contributed by atoms with Crippen LogP contribution in [0.25, 0.3) is 0 Å². The van der Waals surface area contributed by atoms with E-state index in [0.29, 0.717) is 43.4 Å². The number of carbonyl (C=O) groups is 1. The zero-order valence-corrected chi connectivity index (χ0v) is 27.1. The summed E-state index contributed by atoms with van der Waals surface area (Å²) in [7, 11) is 1.92. The van der Waals surface area contributed by atoms with E-state index in [1.807, 2.05) is 23.7 Å². The van der Waals surface area contributed by atoms with Crippen LogP contribution in [0.2, 0.25) is 0 Å². The van der Waals surface area contributed by atoms with Crippen molar-refractivity contribution in [3.8, 4) is 0 Å². The molecule has 3 fully saturated rings. The van der Waals surface area contributed by atoms with Crippen LogP contribution < -0.4 is 15.5 Å². The number of hydrogen-bond acceptors (Lipinski definition) is 8. The summed E-state index contributed by atoms with van der Waals surface area (Å²) in [6.45, 7) is 6.74. The quantitative estimate of drug-likeness (QED) is 0.304. The Hall–Kier alpha value is -3.55. The highest BCUT2D eigenvalue weighted by Crippen LogP contribution is 2.48. The number of ether oxygens (including phenoxy) is 1. The Morgan fingerprint density at radius 3 is 2.45 bits per heavy atom. The Bertz CT molecular complexity index is 1630. The van der Waals surface area contributed by atoms with Gasteiger partial charge in [0.2, 0.25) is 0 Å². The van der Waals surface area contributed by atoms with Crippen LogP contribution in [0.1, 0.15) is 83.9 Å². The van der Waals surface area contributed by atoms with Crippen molar-refractivity contribution < 1.29 is 22.7 Å². The zero-order chi connectivity index (χ0) is 32.8. The second-order valence-electron chi connectivity index (χ2n) is 14.0. The van der Waals surface area contributed by atoms with Gasteiger partial charge >= 0.3 is 6.18 Å². The molecule has 2 aromatic heterocycles. The first-order chi connectivity index (χ1) is 22.5. The Labute approximate surface area is 273 Å². The van der Waals surface area contributed by atoms with Crippen LogP contribution in [0.3, 0.4) is 0 Å². The number of alkyl halides is 3. The van der Waals surface area contributed by atoms with Crippen LogP contribution in [-0.2, 0) is 42.9 Å².